The van der Waals surface area contributed by atoms with Crippen LogP contribution in [0, 0.1) is 18.3 Å². The van der Waals surface area contributed by atoms with E-state index < -0.39 is 5.92 Å². The average molecular weight is 259 g/mol. The lowest BCUT2D eigenvalue weighted by Crippen LogP contribution is -2.44. The van der Waals surface area contributed by atoms with Crippen molar-refractivity contribution in [1.82, 2.24) is 5.32 Å². The number of benzene rings is 1. The van der Waals surface area contributed by atoms with E-state index in [-0.39, 0.29) is 17.5 Å². The molecule has 1 saturated heterocycles. The molecule has 1 aliphatic rings. The normalized spacial score (nSPS) is 18.9. The van der Waals surface area contributed by atoms with Gasteiger partial charge in [-0.15, -0.1) is 0 Å². The highest BCUT2D eigenvalue weighted by atomic mass is 16.2. The molecular formula is C14H17N3O2. The summed E-state index contributed by atoms with van der Waals surface area (Å²) in [6, 6.07) is 5.69. The number of piperidine rings is 1. The summed E-state index contributed by atoms with van der Waals surface area (Å²) in [6.07, 6.45) is 0.695. The predicted octanol–water partition coefficient (Wildman–Crippen LogP) is 1.46. The molecule has 5 nitrogen and oxygen atoms in total. The molecule has 0 saturated carbocycles. The summed E-state index contributed by atoms with van der Waals surface area (Å²) in [4.78, 5) is 22.9. The van der Waals surface area contributed by atoms with Crippen molar-refractivity contribution in [2.75, 3.05) is 12.4 Å². The molecule has 0 radical (unpaired) electrons. The summed E-state index contributed by atoms with van der Waals surface area (Å²) in [7, 11) is 1.79. The average Bonchev–Trinajstić information content (AvgIpc) is 2.37. The van der Waals surface area contributed by atoms with Gasteiger partial charge in [0.2, 0.25) is 11.8 Å². The van der Waals surface area contributed by atoms with Crippen LogP contribution in [0.1, 0.15) is 24.0 Å². The molecule has 1 fully saturated rings. The van der Waals surface area contributed by atoms with Crippen molar-refractivity contribution in [3.05, 3.63) is 29.3 Å². The van der Waals surface area contributed by atoms with E-state index in [0.717, 1.165) is 11.3 Å². The quantitative estimate of drug-likeness (QED) is 0.567. The molecule has 0 aromatic heterocycles. The minimum absolute atomic E-state index is 0.258. The molecule has 19 heavy (non-hydrogen) atoms. The number of aryl methyl sites for hydroxylation is 1. The maximum Gasteiger partial charge on any atom is 0.235 e. The van der Waals surface area contributed by atoms with Crippen molar-refractivity contribution in [2.24, 2.45) is 5.92 Å². The van der Waals surface area contributed by atoms with Gasteiger partial charge >= 0.3 is 0 Å². The van der Waals surface area contributed by atoms with Crippen LogP contribution in [0.25, 0.3) is 0 Å². The Hall–Kier alpha value is -2.17. The van der Waals surface area contributed by atoms with Gasteiger partial charge in [-0.2, -0.15) is 0 Å². The fraction of sp³-hybridized carbons (Fsp3) is 0.357. The number of carbonyl (C=O) groups is 2. The van der Waals surface area contributed by atoms with Crippen LogP contribution < -0.4 is 10.6 Å². The van der Waals surface area contributed by atoms with Crippen molar-refractivity contribution >= 4 is 23.2 Å². The number of hydrogen-bond acceptors (Lipinski definition) is 4. The minimum atomic E-state index is -0.549. The van der Waals surface area contributed by atoms with Crippen LogP contribution in [0.15, 0.2) is 18.2 Å². The van der Waals surface area contributed by atoms with Gasteiger partial charge in [0.1, 0.15) is 0 Å². The first-order valence-corrected chi connectivity index (χ1v) is 6.24. The zero-order valence-corrected chi connectivity index (χ0v) is 11.0. The SMILES string of the molecule is CNc1cc(C)ccc1C(=N)C1CCC(=O)NC1=O. The van der Waals surface area contributed by atoms with Crippen molar-refractivity contribution in [3.63, 3.8) is 0 Å². The van der Waals surface area contributed by atoms with Crippen molar-refractivity contribution in [2.45, 2.75) is 19.8 Å². The van der Waals surface area contributed by atoms with E-state index in [4.69, 9.17) is 5.41 Å². The number of amides is 2. The summed E-state index contributed by atoms with van der Waals surface area (Å²) >= 11 is 0. The molecule has 1 atom stereocenters. The number of carbonyl (C=O) groups excluding carboxylic acids is 2. The van der Waals surface area contributed by atoms with E-state index in [9.17, 15) is 9.59 Å². The second-order valence-electron chi connectivity index (χ2n) is 4.72. The molecule has 1 aliphatic heterocycles. The second kappa shape index (κ2) is 5.22. The molecule has 1 unspecified atom stereocenters. The van der Waals surface area contributed by atoms with Crippen LogP contribution in [-0.4, -0.2) is 24.6 Å². The highest BCUT2D eigenvalue weighted by Gasteiger charge is 2.31. The lowest BCUT2D eigenvalue weighted by atomic mass is 9.88. The number of nitrogens with one attached hydrogen (secondary N) is 3. The van der Waals surface area contributed by atoms with E-state index in [0.29, 0.717) is 18.4 Å². The fourth-order valence-corrected chi connectivity index (χ4v) is 2.26. The van der Waals surface area contributed by atoms with Crippen LogP contribution in [0.5, 0.6) is 0 Å². The lowest BCUT2D eigenvalue weighted by molar-refractivity contribution is -0.134. The number of imide groups is 1. The third kappa shape index (κ3) is 2.65. The van der Waals surface area contributed by atoms with Crippen LogP contribution in [0.4, 0.5) is 5.69 Å². The van der Waals surface area contributed by atoms with Crippen molar-refractivity contribution in [1.29, 1.82) is 5.41 Å². The highest BCUT2D eigenvalue weighted by molar-refractivity contribution is 6.17. The molecule has 100 valence electrons. The topological polar surface area (TPSA) is 82.1 Å². The molecule has 2 rings (SSSR count). The molecule has 1 heterocycles. The van der Waals surface area contributed by atoms with E-state index >= 15 is 0 Å². The minimum Gasteiger partial charge on any atom is -0.388 e. The van der Waals surface area contributed by atoms with Crippen molar-refractivity contribution in [3.8, 4) is 0 Å². The molecular weight excluding hydrogens is 242 g/mol. The first-order valence-electron chi connectivity index (χ1n) is 6.24. The van der Waals surface area contributed by atoms with Crippen molar-refractivity contribution < 1.29 is 9.59 Å². The van der Waals surface area contributed by atoms with Gasteiger partial charge in [0, 0.05) is 24.7 Å². The number of hydrogen-bond donors (Lipinski definition) is 3. The first kappa shape index (κ1) is 13.3. The maximum absolute atomic E-state index is 11.8. The van der Waals surface area contributed by atoms with Crippen LogP contribution in [0.3, 0.4) is 0 Å². The monoisotopic (exact) mass is 259 g/mol. The second-order valence-corrected chi connectivity index (χ2v) is 4.72. The van der Waals surface area contributed by atoms with E-state index in [1.54, 1.807) is 7.05 Å². The van der Waals surface area contributed by atoms with E-state index in [1.165, 1.54) is 0 Å². The van der Waals surface area contributed by atoms with Gasteiger partial charge in [0.15, 0.2) is 0 Å². The zero-order chi connectivity index (χ0) is 14.0. The Morgan fingerprint density at radius 1 is 1.42 bits per heavy atom. The molecule has 5 heteroatoms. The fourth-order valence-electron chi connectivity index (χ4n) is 2.26. The van der Waals surface area contributed by atoms with Gasteiger partial charge < -0.3 is 10.7 Å². The van der Waals surface area contributed by atoms with Gasteiger partial charge in [-0.25, -0.2) is 0 Å². The van der Waals surface area contributed by atoms with E-state index in [1.807, 2.05) is 25.1 Å². The molecule has 1 aromatic carbocycles. The summed E-state index contributed by atoms with van der Waals surface area (Å²) in [5.74, 6) is -1.18. The Bertz CT molecular complexity index is 552. The molecule has 0 aliphatic carbocycles. The zero-order valence-electron chi connectivity index (χ0n) is 11.0. The third-order valence-electron chi connectivity index (χ3n) is 3.32. The van der Waals surface area contributed by atoms with Gasteiger partial charge in [-0.05, 0) is 25.0 Å². The Morgan fingerprint density at radius 2 is 2.16 bits per heavy atom. The first-order chi connectivity index (χ1) is 9.02. The van der Waals surface area contributed by atoms with Crippen LogP contribution in [0.2, 0.25) is 0 Å². The highest BCUT2D eigenvalue weighted by Crippen LogP contribution is 2.24. The summed E-state index contributed by atoms with van der Waals surface area (Å²) in [5.41, 5.74) is 2.89. The van der Waals surface area contributed by atoms with E-state index in [2.05, 4.69) is 10.6 Å². The largest absolute Gasteiger partial charge is 0.388 e. The number of anilines is 1. The Labute approximate surface area is 111 Å². The number of rotatable bonds is 3. The molecule has 0 bridgehead atoms. The Kier molecular flexibility index (Phi) is 3.64. The summed E-state index contributed by atoms with van der Waals surface area (Å²) < 4.78 is 0. The Balaban J connectivity index is 2.29. The standard InChI is InChI=1S/C14H17N3O2/c1-8-3-4-9(11(7-8)16-2)13(15)10-5-6-12(18)17-14(10)19/h3-4,7,10,15-16H,5-6H2,1-2H3,(H,17,18,19). The maximum atomic E-state index is 11.8. The molecule has 2 amide bonds. The summed E-state index contributed by atoms with van der Waals surface area (Å²) in [5, 5.41) is 13.6. The lowest BCUT2D eigenvalue weighted by Gasteiger charge is -2.23. The van der Waals surface area contributed by atoms with Gasteiger partial charge in [0.05, 0.1) is 11.6 Å². The third-order valence-corrected chi connectivity index (χ3v) is 3.32. The van der Waals surface area contributed by atoms with Gasteiger partial charge in [0.25, 0.3) is 0 Å². The Morgan fingerprint density at radius 3 is 2.79 bits per heavy atom. The summed E-state index contributed by atoms with van der Waals surface area (Å²) in [6.45, 7) is 1.97. The molecule has 3 N–H and O–H groups in total. The van der Waals surface area contributed by atoms with Gasteiger partial charge in [-0.1, -0.05) is 12.1 Å². The van der Waals surface area contributed by atoms with Crippen LogP contribution >= 0.6 is 0 Å². The smallest absolute Gasteiger partial charge is 0.235 e. The van der Waals surface area contributed by atoms with Crippen LogP contribution in [-0.2, 0) is 9.59 Å². The molecule has 0 spiro atoms. The van der Waals surface area contributed by atoms with Gasteiger partial charge in [-0.3, -0.25) is 14.9 Å². The molecule has 1 aromatic rings. The predicted molar refractivity (Wildman–Crippen MR) is 73.4 cm³/mol.